The van der Waals surface area contributed by atoms with Crippen molar-refractivity contribution in [2.45, 2.75) is 64.9 Å². The zero-order valence-corrected chi connectivity index (χ0v) is 15.9. The first-order valence-electron chi connectivity index (χ1n) is 8.57. The molecule has 7 nitrogen and oxygen atoms in total. The summed E-state index contributed by atoms with van der Waals surface area (Å²) in [5, 5.41) is 2.19. The Bertz CT molecular complexity index is 683. The van der Waals surface area contributed by atoms with Gasteiger partial charge in [0.15, 0.2) is 0 Å². The molecule has 1 aromatic carbocycles. The van der Waals surface area contributed by atoms with Crippen molar-refractivity contribution < 1.29 is 23.9 Å². The highest BCUT2D eigenvalue weighted by atomic mass is 16.6. The van der Waals surface area contributed by atoms with Crippen LogP contribution < -0.4 is 5.32 Å². The van der Waals surface area contributed by atoms with Crippen LogP contribution in [0.4, 0.5) is 9.59 Å². The van der Waals surface area contributed by atoms with E-state index in [2.05, 4.69) is 5.32 Å². The Labute approximate surface area is 153 Å². The predicted molar refractivity (Wildman–Crippen MR) is 95.3 cm³/mol. The fraction of sp³-hybridized carbons (Fsp3) is 0.526. The first-order chi connectivity index (χ1) is 12.0. The van der Waals surface area contributed by atoms with Gasteiger partial charge in [0.1, 0.15) is 11.1 Å². The third-order valence-electron chi connectivity index (χ3n) is 4.04. The van der Waals surface area contributed by atoms with E-state index in [-0.39, 0.29) is 12.5 Å². The summed E-state index contributed by atoms with van der Waals surface area (Å²) in [7, 11) is 0. The Balaban J connectivity index is 2.08. The molecule has 7 heteroatoms. The Morgan fingerprint density at radius 2 is 1.85 bits per heavy atom. The Morgan fingerprint density at radius 1 is 1.23 bits per heavy atom. The molecule has 0 saturated carbocycles. The van der Waals surface area contributed by atoms with Crippen molar-refractivity contribution in [1.82, 2.24) is 10.2 Å². The van der Waals surface area contributed by atoms with Gasteiger partial charge in [-0.1, -0.05) is 30.3 Å². The molecule has 1 aromatic rings. The first kappa shape index (κ1) is 19.9. The normalized spacial score (nSPS) is 21.5. The number of hydrogen-bond donors (Lipinski definition) is 1. The molecule has 1 aliphatic heterocycles. The van der Waals surface area contributed by atoms with Crippen molar-refractivity contribution in [3.05, 3.63) is 35.9 Å². The molecule has 26 heavy (non-hydrogen) atoms. The molecule has 1 heterocycles. The van der Waals surface area contributed by atoms with Gasteiger partial charge < -0.3 is 9.47 Å². The SMILES string of the molecule is CC(C[C@@]1(C)C(=O)NC(=O)N1C(=O)OC(C)(C)C)OCc1ccccc1. The second kappa shape index (κ2) is 7.45. The largest absolute Gasteiger partial charge is 0.443 e. The average molecular weight is 362 g/mol. The molecular formula is C19H26N2O5. The van der Waals surface area contributed by atoms with Crippen LogP contribution in [0.2, 0.25) is 0 Å². The third-order valence-corrected chi connectivity index (χ3v) is 4.04. The molecule has 1 unspecified atom stereocenters. The highest BCUT2D eigenvalue weighted by Crippen LogP contribution is 2.30. The van der Waals surface area contributed by atoms with Gasteiger partial charge in [-0.3, -0.25) is 10.1 Å². The molecule has 4 amide bonds. The molecular weight excluding hydrogens is 336 g/mol. The predicted octanol–water partition coefficient (Wildman–Crippen LogP) is 3.23. The van der Waals surface area contributed by atoms with Crippen molar-refractivity contribution in [3.8, 4) is 0 Å². The molecule has 0 spiro atoms. The Morgan fingerprint density at radius 3 is 2.42 bits per heavy atom. The van der Waals surface area contributed by atoms with Crippen LogP contribution in [0.1, 0.15) is 46.6 Å². The van der Waals surface area contributed by atoms with Gasteiger partial charge in [0.05, 0.1) is 12.7 Å². The van der Waals surface area contributed by atoms with Crippen LogP contribution in [0.15, 0.2) is 30.3 Å². The summed E-state index contributed by atoms with van der Waals surface area (Å²) in [4.78, 5) is 37.8. The van der Waals surface area contributed by atoms with Gasteiger partial charge in [0.2, 0.25) is 0 Å². The molecule has 0 aromatic heterocycles. The lowest BCUT2D eigenvalue weighted by molar-refractivity contribution is -0.128. The van der Waals surface area contributed by atoms with Crippen LogP contribution in [0, 0.1) is 0 Å². The fourth-order valence-corrected chi connectivity index (χ4v) is 2.82. The monoisotopic (exact) mass is 362 g/mol. The van der Waals surface area contributed by atoms with Crippen LogP contribution in [0.3, 0.4) is 0 Å². The number of amides is 4. The second-order valence-electron chi connectivity index (χ2n) is 7.66. The van der Waals surface area contributed by atoms with Crippen molar-refractivity contribution in [2.24, 2.45) is 0 Å². The van der Waals surface area contributed by atoms with Gasteiger partial charge in [-0.05, 0) is 40.2 Å². The smallest absolute Gasteiger partial charge is 0.419 e. The van der Waals surface area contributed by atoms with Gasteiger partial charge in [0, 0.05) is 6.42 Å². The maximum atomic E-state index is 12.4. The Kier molecular flexibility index (Phi) is 5.71. The number of carbonyl (C=O) groups is 3. The van der Waals surface area contributed by atoms with Crippen LogP contribution in [-0.2, 0) is 20.9 Å². The number of nitrogens with zero attached hydrogens (tertiary/aromatic N) is 1. The number of hydrogen-bond acceptors (Lipinski definition) is 5. The summed E-state index contributed by atoms with van der Waals surface area (Å²) in [6.07, 6.45) is -1.04. The minimum Gasteiger partial charge on any atom is -0.443 e. The maximum Gasteiger partial charge on any atom is 0.419 e. The van der Waals surface area contributed by atoms with Crippen molar-refractivity contribution in [3.63, 3.8) is 0 Å². The van der Waals surface area contributed by atoms with Crippen molar-refractivity contribution in [1.29, 1.82) is 0 Å². The van der Waals surface area contributed by atoms with Crippen LogP contribution in [0.5, 0.6) is 0 Å². The number of carbonyl (C=O) groups excluding carboxylic acids is 3. The summed E-state index contributed by atoms with van der Waals surface area (Å²) in [5.74, 6) is -0.538. The molecule has 1 saturated heterocycles. The lowest BCUT2D eigenvalue weighted by Gasteiger charge is -2.33. The molecule has 0 bridgehead atoms. The van der Waals surface area contributed by atoms with E-state index in [1.165, 1.54) is 0 Å². The van der Waals surface area contributed by atoms with Crippen molar-refractivity contribution >= 4 is 18.0 Å². The number of urea groups is 1. The second-order valence-corrected chi connectivity index (χ2v) is 7.66. The average Bonchev–Trinajstić information content (AvgIpc) is 2.73. The fourth-order valence-electron chi connectivity index (χ4n) is 2.82. The lowest BCUT2D eigenvalue weighted by atomic mass is 9.93. The highest BCUT2D eigenvalue weighted by Gasteiger charge is 2.54. The van der Waals surface area contributed by atoms with E-state index in [4.69, 9.17) is 9.47 Å². The van der Waals surface area contributed by atoms with Gasteiger partial charge in [-0.15, -0.1) is 0 Å². The Hall–Kier alpha value is -2.41. The molecule has 142 valence electrons. The molecule has 1 fully saturated rings. The number of imide groups is 2. The number of nitrogens with one attached hydrogen (secondary N) is 1. The van der Waals surface area contributed by atoms with E-state index in [0.29, 0.717) is 6.61 Å². The maximum absolute atomic E-state index is 12.4. The molecule has 1 N–H and O–H groups in total. The highest BCUT2D eigenvalue weighted by molar-refractivity contribution is 6.12. The molecule has 0 radical (unpaired) electrons. The number of benzene rings is 1. The first-order valence-corrected chi connectivity index (χ1v) is 8.57. The van der Waals surface area contributed by atoms with Gasteiger partial charge >= 0.3 is 12.1 Å². The minimum absolute atomic E-state index is 0.163. The van der Waals surface area contributed by atoms with E-state index >= 15 is 0 Å². The summed E-state index contributed by atoms with van der Waals surface area (Å²) in [5.41, 5.74) is -1.14. The quantitative estimate of drug-likeness (QED) is 0.813. The standard InChI is InChI=1S/C19H26N2O5/c1-13(25-12-14-9-7-6-8-10-14)11-19(5)15(22)20-16(23)21(19)17(24)26-18(2,3)4/h6-10,13H,11-12H2,1-5H3,(H,20,22,23)/t13?,19-/m0/s1. The topological polar surface area (TPSA) is 84.9 Å². The van der Waals surface area contributed by atoms with E-state index in [1.54, 1.807) is 34.6 Å². The molecule has 1 aliphatic rings. The van der Waals surface area contributed by atoms with Gasteiger partial charge in [0.25, 0.3) is 5.91 Å². The molecule has 2 rings (SSSR count). The third kappa shape index (κ3) is 4.60. The number of ether oxygens (including phenoxy) is 2. The minimum atomic E-state index is -1.37. The lowest BCUT2D eigenvalue weighted by Crippen LogP contribution is -2.53. The van der Waals surface area contributed by atoms with Crippen LogP contribution >= 0.6 is 0 Å². The van der Waals surface area contributed by atoms with E-state index in [0.717, 1.165) is 10.5 Å². The van der Waals surface area contributed by atoms with Crippen LogP contribution in [0.25, 0.3) is 0 Å². The summed E-state index contributed by atoms with van der Waals surface area (Å²) >= 11 is 0. The van der Waals surface area contributed by atoms with Crippen molar-refractivity contribution in [2.75, 3.05) is 0 Å². The van der Waals surface area contributed by atoms with Gasteiger partial charge in [-0.2, -0.15) is 0 Å². The molecule has 0 aliphatic carbocycles. The van der Waals surface area contributed by atoms with E-state index < -0.39 is 29.2 Å². The van der Waals surface area contributed by atoms with E-state index in [1.807, 2.05) is 30.3 Å². The zero-order chi connectivity index (χ0) is 19.5. The summed E-state index contributed by atoms with van der Waals surface area (Å²) in [6, 6.07) is 8.85. The molecule has 2 atom stereocenters. The zero-order valence-electron chi connectivity index (χ0n) is 15.9. The van der Waals surface area contributed by atoms with Crippen LogP contribution in [-0.4, -0.2) is 40.2 Å². The number of rotatable bonds is 5. The summed E-state index contributed by atoms with van der Waals surface area (Å²) < 4.78 is 11.1. The van der Waals surface area contributed by atoms with E-state index in [9.17, 15) is 14.4 Å². The summed E-state index contributed by atoms with van der Waals surface area (Å²) in [6.45, 7) is 8.81. The van der Waals surface area contributed by atoms with Gasteiger partial charge in [-0.25, -0.2) is 14.5 Å².